The van der Waals surface area contributed by atoms with Crippen LogP contribution in [0, 0.1) is 13.8 Å². The van der Waals surface area contributed by atoms with Crippen molar-refractivity contribution in [3.8, 4) is 0 Å². The Balaban J connectivity index is 2.13. The van der Waals surface area contributed by atoms with Crippen LogP contribution in [0.15, 0.2) is 72.9 Å². The number of hydrogen-bond acceptors (Lipinski definition) is 2. The SMILES string of the molecule is Cc1cccc(N(c2ccccc2)c2ccc(C)nc2)c1. The van der Waals surface area contributed by atoms with Crippen molar-refractivity contribution < 1.29 is 0 Å². The number of nitrogens with zero attached hydrogens (tertiary/aromatic N) is 2. The first kappa shape index (κ1) is 13.4. The van der Waals surface area contributed by atoms with E-state index in [0.29, 0.717) is 0 Å². The minimum atomic E-state index is 1.02. The van der Waals surface area contributed by atoms with Gasteiger partial charge in [-0.25, -0.2) is 0 Å². The van der Waals surface area contributed by atoms with Crippen LogP contribution in [0.2, 0.25) is 0 Å². The van der Waals surface area contributed by atoms with Gasteiger partial charge in [0, 0.05) is 17.1 Å². The minimum absolute atomic E-state index is 1.02. The summed E-state index contributed by atoms with van der Waals surface area (Å²) in [6.45, 7) is 4.11. The van der Waals surface area contributed by atoms with Gasteiger partial charge in [-0.05, 0) is 55.8 Å². The molecule has 0 radical (unpaired) electrons. The van der Waals surface area contributed by atoms with E-state index in [1.54, 1.807) is 0 Å². The number of hydrogen-bond donors (Lipinski definition) is 0. The zero-order valence-electron chi connectivity index (χ0n) is 12.3. The number of aromatic nitrogens is 1. The number of rotatable bonds is 3. The zero-order chi connectivity index (χ0) is 14.7. The van der Waals surface area contributed by atoms with Crippen LogP contribution in [0.25, 0.3) is 0 Å². The second-order valence-electron chi connectivity index (χ2n) is 5.17. The third-order valence-electron chi connectivity index (χ3n) is 3.43. The highest BCUT2D eigenvalue weighted by Crippen LogP contribution is 2.33. The first-order chi connectivity index (χ1) is 10.2. The van der Waals surface area contributed by atoms with Crippen molar-refractivity contribution in [1.29, 1.82) is 0 Å². The Hall–Kier alpha value is -2.61. The lowest BCUT2D eigenvalue weighted by Gasteiger charge is -2.25. The molecule has 21 heavy (non-hydrogen) atoms. The molecule has 0 atom stereocenters. The van der Waals surface area contributed by atoms with E-state index < -0.39 is 0 Å². The van der Waals surface area contributed by atoms with Crippen LogP contribution < -0.4 is 4.90 Å². The van der Waals surface area contributed by atoms with Gasteiger partial charge < -0.3 is 4.90 Å². The fourth-order valence-corrected chi connectivity index (χ4v) is 2.38. The molecule has 3 rings (SSSR count). The minimum Gasteiger partial charge on any atom is -0.309 e. The van der Waals surface area contributed by atoms with Crippen molar-refractivity contribution in [2.75, 3.05) is 4.90 Å². The largest absolute Gasteiger partial charge is 0.309 e. The zero-order valence-corrected chi connectivity index (χ0v) is 12.3. The molecule has 0 aliphatic carbocycles. The predicted octanol–water partition coefficient (Wildman–Crippen LogP) is 5.17. The molecule has 1 heterocycles. The van der Waals surface area contributed by atoms with E-state index >= 15 is 0 Å². The monoisotopic (exact) mass is 274 g/mol. The van der Waals surface area contributed by atoms with Crippen molar-refractivity contribution in [2.45, 2.75) is 13.8 Å². The summed E-state index contributed by atoms with van der Waals surface area (Å²) in [5.74, 6) is 0. The first-order valence-electron chi connectivity index (χ1n) is 7.08. The molecule has 0 saturated carbocycles. The smallest absolute Gasteiger partial charge is 0.0645 e. The quantitative estimate of drug-likeness (QED) is 0.655. The molecule has 0 spiro atoms. The lowest BCUT2D eigenvalue weighted by atomic mass is 10.1. The van der Waals surface area contributed by atoms with Gasteiger partial charge in [-0.15, -0.1) is 0 Å². The Labute approximate surface area is 125 Å². The fraction of sp³-hybridized carbons (Fsp3) is 0.105. The molecular formula is C19H18N2. The Morgan fingerprint density at radius 2 is 1.48 bits per heavy atom. The first-order valence-corrected chi connectivity index (χ1v) is 7.08. The Morgan fingerprint density at radius 1 is 0.714 bits per heavy atom. The maximum atomic E-state index is 4.43. The number of pyridine rings is 1. The van der Waals surface area contributed by atoms with Crippen molar-refractivity contribution >= 4 is 17.1 Å². The topological polar surface area (TPSA) is 16.1 Å². The van der Waals surface area contributed by atoms with Crippen LogP contribution in [-0.2, 0) is 0 Å². The van der Waals surface area contributed by atoms with Crippen molar-refractivity contribution in [2.24, 2.45) is 0 Å². The summed E-state index contributed by atoms with van der Waals surface area (Å²) in [7, 11) is 0. The van der Waals surface area contributed by atoms with Gasteiger partial charge in [0.25, 0.3) is 0 Å². The summed E-state index contributed by atoms with van der Waals surface area (Å²) >= 11 is 0. The number of anilines is 3. The standard InChI is InChI=1S/C19H18N2/c1-15-7-6-10-18(13-15)21(17-8-4-3-5-9-17)19-12-11-16(2)20-14-19/h3-14H,1-2H3. The van der Waals surface area contributed by atoms with Gasteiger partial charge in [-0.1, -0.05) is 30.3 Å². The molecule has 2 nitrogen and oxygen atoms in total. The summed E-state index contributed by atoms with van der Waals surface area (Å²) in [6.07, 6.45) is 1.92. The summed E-state index contributed by atoms with van der Waals surface area (Å²) in [5, 5.41) is 0. The average molecular weight is 274 g/mol. The van der Waals surface area contributed by atoms with Gasteiger partial charge in [-0.3, -0.25) is 4.98 Å². The van der Waals surface area contributed by atoms with Gasteiger partial charge in [0.2, 0.25) is 0 Å². The van der Waals surface area contributed by atoms with E-state index in [4.69, 9.17) is 0 Å². The van der Waals surface area contributed by atoms with Crippen LogP contribution in [-0.4, -0.2) is 4.98 Å². The molecule has 0 aliphatic heterocycles. The van der Waals surface area contributed by atoms with Crippen LogP contribution in [0.1, 0.15) is 11.3 Å². The normalized spacial score (nSPS) is 10.4. The number of benzene rings is 2. The highest BCUT2D eigenvalue weighted by Gasteiger charge is 2.12. The summed E-state index contributed by atoms with van der Waals surface area (Å²) < 4.78 is 0. The highest BCUT2D eigenvalue weighted by atomic mass is 15.1. The van der Waals surface area contributed by atoms with Crippen LogP contribution in [0.5, 0.6) is 0 Å². The summed E-state index contributed by atoms with van der Waals surface area (Å²) in [5.41, 5.74) is 5.61. The van der Waals surface area contributed by atoms with E-state index in [9.17, 15) is 0 Å². The molecule has 0 unspecified atom stereocenters. The van der Waals surface area contributed by atoms with Crippen LogP contribution >= 0.6 is 0 Å². The number of aryl methyl sites for hydroxylation is 2. The maximum Gasteiger partial charge on any atom is 0.0645 e. The molecule has 3 aromatic rings. The summed E-state index contributed by atoms with van der Waals surface area (Å²) in [4.78, 5) is 6.65. The van der Waals surface area contributed by atoms with E-state index in [1.807, 2.05) is 25.3 Å². The average Bonchev–Trinajstić information content (AvgIpc) is 2.51. The van der Waals surface area contributed by atoms with Crippen molar-refractivity contribution in [3.63, 3.8) is 0 Å². The van der Waals surface area contributed by atoms with Crippen molar-refractivity contribution in [1.82, 2.24) is 4.98 Å². The molecule has 0 fully saturated rings. The Bertz CT molecular complexity index is 718. The molecule has 104 valence electrons. The van der Waals surface area contributed by atoms with Crippen LogP contribution in [0.4, 0.5) is 17.1 Å². The lowest BCUT2D eigenvalue weighted by Crippen LogP contribution is -2.10. The molecule has 0 aliphatic rings. The molecule has 2 aromatic carbocycles. The van der Waals surface area contributed by atoms with Crippen LogP contribution in [0.3, 0.4) is 0 Å². The lowest BCUT2D eigenvalue weighted by molar-refractivity contribution is 1.16. The van der Waals surface area contributed by atoms with Gasteiger partial charge in [-0.2, -0.15) is 0 Å². The van der Waals surface area contributed by atoms with Gasteiger partial charge in [0.05, 0.1) is 11.9 Å². The van der Waals surface area contributed by atoms with E-state index in [2.05, 4.69) is 71.4 Å². The molecule has 2 heteroatoms. The van der Waals surface area contributed by atoms with Gasteiger partial charge >= 0.3 is 0 Å². The highest BCUT2D eigenvalue weighted by molar-refractivity contribution is 5.76. The molecular weight excluding hydrogens is 256 g/mol. The van der Waals surface area contributed by atoms with E-state index in [1.165, 1.54) is 5.56 Å². The third kappa shape index (κ3) is 2.95. The molecule has 0 bridgehead atoms. The van der Waals surface area contributed by atoms with Gasteiger partial charge in [0.1, 0.15) is 0 Å². The second-order valence-corrected chi connectivity index (χ2v) is 5.17. The number of para-hydroxylation sites is 1. The molecule has 0 amide bonds. The van der Waals surface area contributed by atoms with Crippen molar-refractivity contribution in [3.05, 3.63) is 84.2 Å². The fourth-order valence-electron chi connectivity index (χ4n) is 2.38. The second kappa shape index (κ2) is 5.80. The Kier molecular flexibility index (Phi) is 3.69. The summed E-state index contributed by atoms with van der Waals surface area (Å²) in [6, 6.07) is 23.0. The predicted molar refractivity (Wildman–Crippen MR) is 88.4 cm³/mol. The molecule has 1 aromatic heterocycles. The molecule has 0 N–H and O–H groups in total. The van der Waals surface area contributed by atoms with E-state index in [0.717, 1.165) is 22.8 Å². The maximum absolute atomic E-state index is 4.43. The van der Waals surface area contributed by atoms with Gasteiger partial charge in [0.15, 0.2) is 0 Å². The molecule has 0 saturated heterocycles. The third-order valence-corrected chi connectivity index (χ3v) is 3.43. The Morgan fingerprint density at radius 3 is 2.14 bits per heavy atom. The van der Waals surface area contributed by atoms with E-state index in [-0.39, 0.29) is 0 Å².